The van der Waals surface area contributed by atoms with Crippen LogP contribution < -0.4 is 5.32 Å². The minimum Gasteiger partial charge on any atom is -0.343 e. The fourth-order valence-corrected chi connectivity index (χ4v) is 3.67. The second-order valence-electron chi connectivity index (χ2n) is 5.93. The Morgan fingerprint density at radius 2 is 2.04 bits per heavy atom. The number of amides is 2. The molecule has 1 N–H and O–H groups in total. The first-order chi connectivity index (χ1) is 13.3. The Labute approximate surface area is 168 Å². The highest BCUT2D eigenvalue weighted by atomic mass is 35.5. The predicted molar refractivity (Wildman–Crippen MR) is 107 cm³/mol. The Bertz CT molecular complexity index is 1040. The number of hydrogen-bond donors (Lipinski definition) is 1. The number of likely N-dealkylation sites (N-methyl/N-ethyl adjacent to an activating group) is 1. The van der Waals surface area contributed by atoms with Crippen molar-refractivity contribution < 1.29 is 14.5 Å². The molecule has 0 fully saturated rings. The van der Waals surface area contributed by atoms with Crippen molar-refractivity contribution in [2.75, 3.05) is 13.6 Å². The fourth-order valence-electron chi connectivity index (χ4n) is 2.47. The molecule has 0 saturated carbocycles. The van der Waals surface area contributed by atoms with Crippen molar-refractivity contribution in [3.63, 3.8) is 0 Å². The van der Waals surface area contributed by atoms with Gasteiger partial charge in [0.15, 0.2) is 0 Å². The zero-order valence-electron chi connectivity index (χ0n) is 14.7. The molecule has 28 heavy (non-hydrogen) atoms. The van der Waals surface area contributed by atoms with Gasteiger partial charge < -0.3 is 10.2 Å². The molecule has 0 aliphatic heterocycles. The lowest BCUT2D eigenvalue weighted by Crippen LogP contribution is -2.37. The highest BCUT2D eigenvalue weighted by Gasteiger charge is 2.18. The molecule has 1 aromatic heterocycles. The Morgan fingerprint density at radius 1 is 1.29 bits per heavy atom. The van der Waals surface area contributed by atoms with Gasteiger partial charge in [0, 0.05) is 18.7 Å². The summed E-state index contributed by atoms with van der Waals surface area (Å²) in [6.45, 7) is 0.0805. The molecule has 0 radical (unpaired) electrons. The highest BCUT2D eigenvalue weighted by molar-refractivity contribution is 7.18. The number of benzene rings is 2. The number of para-hydroxylation sites is 1. The van der Waals surface area contributed by atoms with Crippen LogP contribution in [0.1, 0.15) is 15.4 Å². The van der Waals surface area contributed by atoms with Crippen molar-refractivity contribution in [1.29, 1.82) is 0 Å². The molecule has 0 spiro atoms. The molecule has 0 unspecified atom stereocenters. The number of aromatic nitrogens is 1. The monoisotopic (exact) mass is 418 g/mol. The summed E-state index contributed by atoms with van der Waals surface area (Å²) in [4.78, 5) is 40.6. The third-order valence-corrected chi connectivity index (χ3v) is 5.28. The lowest BCUT2D eigenvalue weighted by Gasteiger charge is -2.16. The number of hydrogen-bond acceptors (Lipinski definition) is 6. The number of nitro groups is 1. The van der Waals surface area contributed by atoms with Crippen molar-refractivity contribution >= 4 is 50.7 Å². The number of rotatable bonds is 6. The third kappa shape index (κ3) is 4.44. The van der Waals surface area contributed by atoms with Crippen LogP contribution in [0.4, 0.5) is 5.69 Å². The van der Waals surface area contributed by atoms with E-state index in [9.17, 15) is 19.7 Å². The molecular weight excluding hydrogens is 404 g/mol. The average Bonchev–Trinajstić information content (AvgIpc) is 3.08. The Balaban J connectivity index is 1.59. The van der Waals surface area contributed by atoms with E-state index in [2.05, 4.69) is 10.3 Å². The molecule has 0 aliphatic rings. The maximum Gasteiger partial charge on any atom is 0.288 e. The SMILES string of the molecule is CN(Cc1nc2ccccc2s1)C(=O)CNC(=O)c1ccc(Cl)c([N+](=O)[O-])c1. The van der Waals surface area contributed by atoms with E-state index in [-0.39, 0.29) is 28.7 Å². The minimum absolute atomic E-state index is 0.0535. The molecule has 0 aliphatic carbocycles. The molecule has 144 valence electrons. The van der Waals surface area contributed by atoms with Crippen molar-refractivity contribution in [3.8, 4) is 0 Å². The summed E-state index contributed by atoms with van der Waals surface area (Å²) >= 11 is 7.23. The Morgan fingerprint density at radius 3 is 2.75 bits per heavy atom. The van der Waals surface area contributed by atoms with E-state index in [0.29, 0.717) is 6.54 Å². The zero-order chi connectivity index (χ0) is 20.3. The normalized spacial score (nSPS) is 10.6. The summed E-state index contributed by atoms with van der Waals surface area (Å²) in [6, 6.07) is 11.4. The van der Waals surface area contributed by atoms with Crippen LogP contribution in [0.5, 0.6) is 0 Å². The first-order valence-corrected chi connectivity index (χ1v) is 9.35. The third-order valence-electron chi connectivity index (χ3n) is 3.94. The van der Waals surface area contributed by atoms with Gasteiger partial charge in [-0.15, -0.1) is 11.3 Å². The van der Waals surface area contributed by atoms with Gasteiger partial charge in [-0.2, -0.15) is 0 Å². The topological polar surface area (TPSA) is 105 Å². The van der Waals surface area contributed by atoms with Crippen LogP contribution in [0.3, 0.4) is 0 Å². The van der Waals surface area contributed by atoms with Gasteiger partial charge in [-0.05, 0) is 24.3 Å². The molecule has 1 heterocycles. The molecule has 0 atom stereocenters. The second-order valence-corrected chi connectivity index (χ2v) is 7.45. The molecule has 0 bridgehead atoms. The van der Waals surface area contributed by atoms with E-state index < -0.39 is 10.8 Å². The molecule has 3 aromatic rings. The first kappa shape index (κ1) is 19.7. The van der Waals surface area contributed by atoms with E-state index >= 15 is 0 Å². The number of carbonyl (C=O) groups excluding carboxylic acids is 2. The number of thiazole rings is 1. The van der Waals surface area contributed by atoms with Crippen molar-refractivity contribution in [1.82, 2.24) is 15.2 Å². The van der Waals surface area contributed by atoms with E-state index in [1.54, 1.807) is 7.05 Å². The Kier molecular flexibility index (Phi) is 5.86. The molecule has 2 amide bonds. The van der Waals surface area contributed by atoms with Gasteiger partial charge in [-0.1, -0.05) is 23.7 Å². The summed E-state index contributed by atoms with van der Waals surface area (Å²) in [5.74, 6) is -0.905. The minimum atomic E-state index is -0.671. The van der Waals surface area contributed by atoms with E-state index in [1.807, 2.05) is 24.3 Å². The smallest absolute Gasteiger partial charge is 0.288 e. The summed E-state index contributed by atoms with van der Waals surface area (Å²) in [5, 5.41) is 14.1. The highest BCUT2D eigenvalue weighted by Crippen LogP contribution is 2.25. The van der Waals surface area contributed by atoms with Gasteiger partial charge in [0.2, 0.25) is 5.91 Å². The molecule has 8 nitrogen and oxygen atoms in total. The van der Waals surface area contributed by atoms with Gasteiger partial charge in [0.05, 0.1) is 28.2 Å². The van der Waals surface area contributed by atoms with Gasteiger partial charge in [-0.25, -0.2) is 4.98 Å². The maximum atomic E-state index is 12.3. The summed E-state index contributed by atoms with van der Waals surface area (Å²) < 4.78 is 1.04. The standard InChI is InChI=1S/C18H15ClN4O4S/c1-22(10-16-21-13-4-2-3-5-15(13)28-16)17(24)9-20-18(25)11-6-7-12(19)14(8-11)23(26)27/h2-8H,9-10H2,1H3,(H,20,25). The van der Waals surface area contributed by atoms with Crippen LogP contribution in [0.25, 0.3) is 10.2 Å². The number of nitrogens with zero attached hydrogens (tertiary/aromatic N) is 3. The summed E-state index contributed by atoms with van der Waals surface area (Å²) in [6.07, 6.45) is 0. The lowest BCUT2D eigenvalue weighted by atomic mass is 10.2. The number of fused-ring (bicyclic) bond motifs is 1. The molecule has 2 aromatic carbocycles. The number of nitro benzene ring substituents is 1. The molecule has 0 saturated heterocycles. The number of nitrogens with one attached hydrogen (secondary N) is 1. The fraction of sp³-hybridized carbons (Fsp3) is 0.167. The van der Waals surface area contributed by atoms with Crippen molar-refractivity contribution in [2.45, 2.75) is 6.54 Å². The quantitative estimate of drug-likeness (QED) is 0.488. The van der Waals surface area contributed by atoms with Crippen LogP contribution in [-0.4, -0.2) is 40.2 Å². The van der Waals surface area contributed by atoms with Gasteiger partial charge in [0.1, 0.15) is 10.0 Å². The Hall–Kier alpha value is -3.04. The predicted octanol–water partition coefficient (Wildman–Crippen LogP) is 3.25. The van der Waals surface area contributed by atoms with E-state index in [0.717, 1.165) is 21.3 Å². The van der Waals surface area contributed by atoms with Crippen molar-refractivity contribution in [3.05, 3.63) is 68.2 Å². The number of carbonyl (C=O) groups is 2. The largest absolute Gasteiger partial charge is 0.343 e. The van der Waals surface area contributed by atoms with Crippen LogP contribution in [-0.2, 0) is 11.3 Å². The summed E-state index contributed by atoms with van der Waals surface area (Å²) in [5.41, 5.74) is 0.562. The van der Waals surface area contributed by atoms with Gasteiger partial charge in [-0.3, -0.25) is 19.7 Å². The number of halogens is 1. The second kappa shape index (κ2) is 8.32. The lowest BCUT2D eigenvalue weighted by molar-refractivity contribution is -0.384. The maximum absolute atomic E-state index is 12.3. The summed E-state index contributed by atoms with van der Waals surface area (Å²) in [7, 11) is 1.62. The average molecular weight is 419 g/mol. The molecule has 3 rings (SSSR count). The first-order valence-electron chi connectivity index (χ1n) is 8.15. The van der Waals surface area contributed by atoms with Gasteiger partial charge in [0.25, 0.3) is 11.6 Å². The van der Waals surface area contributed by atoms with Crippen LogP contribution >= 0.6 is 22.9 Å². The zero-order valence-corrected chi connectivity index (χ0v) is 16.3. The van der Waals surface area contributed by atoms with Gasteiger partial charge >= 0.3 is 0 Å². The molecular formula is C18H15ClN4O4S. The van der Waals surface area contributed by atoms with Crippen LogP contribution in [0.15, 0.2) is 42.5 Å². The molecule has 10 heteroatoms. The van der Waals surface area contributed by atoms with Crippen LogP contribution in [0, 0.1) is 10.1 Å². The van der Waals surface area contributed by atoms with Crippen LogP contribution in [0.2, 0.25) is 5.02 Å². The van der Waals surface area contributed by atoms with Crippen molar-refractivity contribution in [2.24, 2.45) is 0 Å². The van der Waals surface area contributed by atoms with E-state index in [1.165, 1.54) is 28.4 Å². The van der Waals surface area contributed by atoms with E-state index in [4.69, 9.17) is 11.6 Å².